The van der Waals surface area contributed by atoms with Gasteiger partial charge in [0.1, 0.15) is 0 Å². The molecule has 0 bridgehead atoms. The fourth-order valence-corrected chi connectivity index (χ4v) is 3.31. The second kappa shape index (κ2) is 6.19. The number of pyridine rings is 1. The lowest BCUT2D eigenvalue weighted by atomic mass is 10.3. The number of hydrogen-bond acceptors (Lipinski definition) is 5. The summed E-state index contributed by atoms with van der Waals surface area (Å²) in [5, 5.41) is 5.59. The summed E-state index contributed by atoms with van der Waals surface area (Å²) in [5.41, 5.74) is 0.471. The maximum Gasteiger partial charge on any atom is 0.260 e. The molecule has 0 radical (unpaired) electrons. The van der Waals surface area contributed by atoms with E-state index in [1.165, 1.54) is 6.20 Å². The van der Waals surface area contributed by atoms with Crippen LogP contribution in [0.5, 0.6) is 0 Å². The molecule has 3 N–H and O–H groups in total. The van der Waals surface area contributed by atoms with Crippen molar-refractivity contribution < 1.29 is 13.2 Å². The Morgan fingerprint density at radius 3 is 2.95 bits per heavy atom. The van der Waals surface area contributed by atoms with Crippen LogP contribution in [0.1, 0.15) is 19.8 Å². The topological polar surface area (TPSA) is 100 Å². The fourth-order valence-electron chi connectivity index (χ4n) is 1.96. The molecule has 8 heteroatoms. The Morgan fingerprint density at radius 2 is 2.30 bits per heavy atom. The molecular weight excluding hydrogens is 280 g/mol. The van der Waals surface area contributed by atoms with E-state index in [9.17, 15) is 13.2 Å². The Kier molecular flexibility index (Phi) is 4.56. The second-order valence-corrected chi connectivity index (χ2v) is 6.24. The highest BCUT2D eigenvalue weighted by atomic mass is 32.2. The van der Waals surface area contributed by atoms with Crippen molar-refractivity contribution in [3.05, 3.63) is 18.3 Å². The van der Waals surface area contributed by atoms with Crippen molar-refractivity contribution in [3.8, 4) is 0 Å². The van der Waals surface area contributed by atoms with Gasteiger partial charge in [-0.15, -0.1) is 0 Å². The SMILES string of the molecule is CCCNc1cccnc1S(=O)(=O)NC1CNC(=O)C1. The molecule has 1 atom stereocenters. The number of carbonyl (C=O) groups excluding carboxylic acids is 1. The predicted octanol–water partition coefficient (Wildman–Crippen LogP) is 0.0703. The van der Waals surface area contributed by atoms with Crippen LogP contribution in [-0.4, -0.2) is 38.4 Å². The lowest BCUT2D eigenvalue weighted by molar-refractivity contribution is -0.119. The van der Waals surface area contributed by atoms with E-state index in [4.69, 9.17) is 0 Å². The van der Waals surface area contributed by atoms with E-state index in [2.05, 4.69) is 20.3 Å². The molecule has 0 saturated carbocycles. The van der Waals surface area contributed by atoms with Gasteiger partial charge in [-0.1, -0.05) is 6.92 Å². The first kappa shape index (κ1) is 14.7. The number of hydrogen-bond donors (Lipinski definition) is 3. The zero-order chi connectivity index (χ0) is 14.6. The summed E-state index contributed by atoms with van der Waals surface area (Å²) in [6.07, 6.45) is 2.47. The Hall–Kier alpha value is -1.67. The van der Waals surface area contributed by atoms with Crippen LogP contribution in [-0.2, 0) is 14.8 Å². The number of nitrogens with zero attached hydrogens (tertiary/aromatic N) is 1. The van der Waals surface area contributed by atoms with E-state index in [-0.39, 0.29) is 17.4 Å². The highest BCUT2D eigenvalue weighted by Crippen LogP contribution is 2.18. The molecule has 1 fully saturated rings. The van der Waals surface area contributed by atoms with E-state index in [1.54, 1.807) is 12.1 Å². The van der Waals surface area contributed by atoms with Gasteiger partial charge in [0, 0.05) is 31.7 Å². The van der Waals surface area contributed by atoms with Crippen LogP contribution in [0.2, 0.25) is 0 Å². The third-order valence-electron chi connectivity index (χ3n) is 2.89. The molecular formula is C12H18N4O3S. The van der Waals surface area contributed by atoms with Crippen LogP contribution in [0.25, 0.3) is 0 Å². The summed E-state index contributed by atoms with van der Waals surface area (Å²) < 4.78 is 27.2. The van der Waals surface area contributed by atoms with Crippen molar-refractivity contribution in [1.29, 1.82) is 0 Å². The zero-order valence-electron chi connectivity index (χ0n) is 11.2. The maximum atomic E-state index is 12.3. The first-order chi connectivity index (χ1) is 9.53. The van der Waals surface area contributed by atoms with Crippen molar-refractivity contribution >= 4 is 21.6 Å². The standard InChI is InChI=1S/C12H18N4O3S/c1-2-5-13-10-4-3-6-14-12(10)20(18,19)16-9-7-11(17)15-8-9/h3-4,6,9,13,16H,2,5,7-8H2,1H3,(H,15,17). The largest absolute Gasteiger partial charge is 0.383 e. The van der Waals surface area contributed by atoms with Gasteiger partial charge in [-0.2, -0.15) is 0 Å². The summed E-state index contributed by atoms with van der Waals surface area (Å²) in [4.78, 5) is 15.1. The van der Waals surface area contributed by atoms with Gasteiger partial charge in [0.2, 0.25) is 5.91 Å². The van der Waals surface area contributed by atoms with Crippen molar-refractivity contribution in [2.45, 2.75) is 30.8 Å². The van der Waals surface area contributed by atoms with E-state index < -0.39 is 16.1 Å². The van der Waals surface area contributed by atoms with Crippen molar-refractivity contribution in [3.63, 3.8) is 0 Å². The van der Waals surface area contributed by atoms with E-state index >= 15 is 0 Å². The zero-order valence-corrected chi connectivity index (χ0v) is 12.0. The number of amides is 1. The van der Waals surface area contributed by atoms with Gasteiger partial charge in [0.05, 0.1) is 5.69 Å². The third-order valence-corrected chi connectivity index (χ3v) is 4.37. The van der Waals surface area contributed by atoms with Crippen LogP contribution < -0.4 is 15.4 Å². The molecule has 110 valence electrons. The minimum absolute atomic E-state index is 0.0344. The van der Waals surface area contributed by atoms with Crippen molar-refractivity contribution in [1.82, 2.24) is 15.0 Å². The molecule has 1 aliphatic heterocycles. The van der Waals surface area contributed by atoms with E-state index in [0.29, 0.717) is 18.8 Å². The van der Waals surface area contributed by atoms with Gasteiger partial charge >= 0.3 is 0 Å². The highest BCUT2D eigenvalue weighted by molar-refractivity contribution is 7.89. The quantitative estimate of drug-likeness (QED) is 0.690. The first-order valence-corrected chi connectivity index (χ1v) is 7.99. The summed E-state index contributed by atoms with van der Waals surface area (Å²) in [7, 11) is -3.74. The van der Waals surface area contributed by atoms with Crippen LogP contribution in [0.3, 0.4) is 0 Å². The molecule has 2 heterocycles. The van der Waals surface area contributed by atoms with Gasteiger partial charge < -0.3 is 10.6 Å². The minimum atomic E-state index is -3.74. The Labute approximate surface area is 118 Å². The number of carbonyl (C=O) groups is 1. The molecule has 0 aliphatic carbocycles. The third kappa shape index (κ3) is 3.45. The Morgan fingerprint density at radius 1 is 1.50 bits per heavy atom. The van der Waals surface area contributed by atoms with Crippen molar-refractivity contribution in [2.24, 2.45) is 0 Å². The van der Waals surface area contributed by atoms with Gasteiger partial charge in [-0.05, 0) is 18.6 Å². The number of sulfonamides is 1. The molecule has 0 aromatic carbocycles. The minimum Gasteiger partial charge on any atom is -0.383 e. The molecule has 1 unspecified atom stereocenters. The predicted molar refractivity (Wildman–Crippen MR) is 74.8 cm³/mol. The summed E-state index contributed by atoms with van der Waals surface area (Å²) >= 11 is 0. The van der Waals surface area contributed by atoms with Crippen molar-refractivity contribution in [2.75, 3.05) is 18.4 Å². The number of anilines is 1. The summed E-state index contributed by atoms with van der Waals surface area (Å²) in [6, 6.07) is 2.93. The van der Waals surface area contributed by atoms with Gasteiger partial charge in [0.25, 0.3) is 10.0 Å². The normalized spacial score (nSPS) is 18.9. The number of rotatable bonds is 6. The average Bonchev–Trinajstić information content (AvgIpc) is 2.81. The van der Waals surface area contributed by atoms with Crippen LogP contribution in [0.4, 0.5) is 5.69 Å². The first-order valence-electron chi connectivity index (χ1n) is 6.51. The van der Waals surface area contributed by atoms with Gasteiger partial charge in [-0.3, -0.25) is 4.79 Å². The van der Waals surface area contributed by atoms with Crippen LogP contribution in [0.15, 0.2) is 23.4 Å². The number of nitrogens with one attached hydrogen (secondary N) is 3. The molecule has 7 nitrogen and oxygen atoms in total. The molecule has 1 aromatic heterocycles. The summed E-state index contributed by atoms with van der Waals surface area (Å²) in [6.45, 7) is 2.96. The van der Waals surface area contributed by atoms with Crippen LogP contribution >= 0.6 is 0 Å². The monoisotopic (exact) mass is 298 g/mol. The molecule has 1 aromatic rings. The van der Waals surface area contributed by atoms with Gasteiger partial charge in [-0.25, -0.2) is 18.1 Å². The Bertz CT molecular complexity index is 588. The van der Waals surface area contributed by atoms with Gasteiger partial charge in [0.15, 0.2) is 5.03 Å². The molecule has 0 spiro atoms. The molecule has 1 amide bonds. The Balaban J connectivity index is 2.18. The molecule has 20 heavy (non-hydrogen) atoms. The van der Waals surface area contributed by atoms with E-state index in [0.717, 1.165) is 6.42 Å². The fraction of sp³-hybridized carbons (Fsp3) is 0.500. The summed E-state index contributed by atoms with van der Waals surface area (Å²) in [5.74, 6) is -0.150. The van der Waals surface area contributed by atoms with Crippen LogP contribution in [0, 0.1) is 0 Å². The number of aromatic nitrogens is 1. The second-order valence-electron chi connectivity index (χ2n) is 4.61. The smallest absolute Gasteiger partial charge is 0.260 e. The maximum absolute atomic E-state index is 12.3. The molecule has 1 saturated heterocycles. The molecule has 1 aliphatic rings. The average molecular weight is 298 g/mol. The van der Waals surface area contributed by atoms with E-state index in [1.807, 2.05) is 6.92 Å². The lowest BCUT2D eigenvalue weighted by Gasteiger charge is -2.14. The lowest BCUT2D eigenvalue weighted by Crippen LogP contribution is -2.36. The molecule has 2 rings (SSSR count). The highest BCUT2D eigenvalue weighted by Gasteiger charge is 2.28.